The van der Waals surface area contributed by atoms with E-state index in [-0.39, 0.29) is 0 Å². The molecule has 118 valence electrons. The van der Waals surface area contributed by atoms with Crippen LogP contribution in [0.2, 0.25) is 0 Å². The van der Waals surface area contributed by atoms with Crippen LogP contribution in [0.1, 0.15) is 26.7 Å². The van der Waals surface area contributed by atoms with Gasteiger partial charge in [0, 0.05) is 33.3 Å². The molecule has 1 aromatic rings. The van der Waals surface area contributed by atoms with Crippen LogP contribution in [0.15, 0.2) is 0 Å². The van der Waals surface area contributed by atoms with E-state index in [1.807, 2.05) is 7.05 Å². The lowest BCUT2D eigenvalue weighted by Crippen LogP contribution is -2.25. The van der Waals surface area contributed by atoms with Gasteiger partial charge >= 0.3 is 0 Å². The van der Waals surface area contributed by atoms with Gasteiger partial charge in [-0.05, 0) is 32.6 Å². The van der Waals surface area contributed by atoms with Gasteiger partial charge in [-0.15, -0.1) is 0 Å². The van der Waals surface area contributed by atoms with Crippen molar-refractivity contribution in [1.29, 1.82) is 0 Å². The van der Waals surface area contributed by atoms with Crippen molar-refractivity contribution in [1.82, 2.24) is 15.0 Å². The standard InChI is InChI=1S/C14H26N6O/c1-4-20(5-2)14-18-12(15-3)17-13(19-14)16-8-9-21-10-11-6-7-11/h11H,4-10H2,1-3H3,(H2,15,16,17,18,19). The lowest BCUT2D eigenvalue weighted by atomic mass is 10.5. The largest absolute Gasteiger partial charge is 0.379 e. The summed E-state index contributed by atoms with van der Waals surface area (Å²) in [6.45, 7) is 8.18. The molecule has 21 heavy (non-hydrogen) atoms. The Morgan fingerprint density at radius 2 is 1.86 bits per heavy atom. The van der Waals surface area contributed by atoms with Crippen molar-refractivity contribution in [3.05, 3.63) is 0 Å². The molecule has 0 spiro atoms. The summed E-state index contributed by atoms with van der Waals surface area (Å²) in [7, 11) is 1.81. The molecule has 1 aliphatic rings. The number of nitrogens with zero attached hydrogens (tertiary/aromatic N) is 4. The minimum absolute atomic E-state index is 0.577. The molecule has 1 aliphatic carbocycles. The van der Waals surface area contributed by atoms with Crippen molar-refractivity contribution >= 4 is 17.8 Å². The number of hydrogen-bond acceptors (Lipinski definition) is 7. The molecule has 0 atom stereocenters. The zero-order valence-corrected chi connectivity index (χ0v) is 13.2. The van der Waals surface area contributed by atoms with E-state index in [4.69, 9.17) is 4.74 Å². The smallest absolute Gasteiger partial charge is 0.231 e. The summed E-state index contributed by atoms with van der Waals surface area (Å²) in [6.07, 6.45) is 2.64. The maximum Gasteiger partial charge on any atom is 0.231 e. The number of ether oxygens (including phenoxy) is 1. The number of hydrogen-bond donors (Lipinski definition) is 2. The predicted octanol–water partition coefficient (Wildman–Crippen LogP) is 1.60. The molecule has 0 aliphatic heterocycles. The van der Waals surface area contributed by atoms with Crippen LogP contribution in [0, 0.1) is 5.92 Å². The zero-order valence-electron chi connectivity index (χ0n) is 13.2. The number of rotatable bonds is 10. The molecule has 1 aromatic heterocycles. The van der Waals surface area contributed by atoms with Crippen molar-refractivity contribution in [2.45, 2.75) is 26.7 Å². The van der Waals surface area contributed by atoms with Gasteiger partial charge in [0.15, 0.2) is 0 Å². The Morgan fingerprint density at radius 3 is 2.48 bits per heavy atom. The third-order valence-electron chi connectivity index (χ3n) is 3.47. The third-order valence-corrected chi connectivity index (χ3v) is 3.47. The van der Waals surface area contributed by atoms with Crippen molar-refractivity contribution in [3.63, 3.8) is 0 Å². The van der Waals surface area contributed by atoms with E-state index in [2.05, 4.69) is 44.3 Å². The maximum absolute atomic E-state index is 5.60. The summed E-state index contributed by atoms with van der Waals surface area (Å²) in [5.74, 6) is 2.66. The summed E-state index contributed by atoms with van der Waals surface area (Å²) >= 11 is 0. The normalized spacial score (nSPS) is 14.0. The molecular weight excluding hydrogens is 268 g/mol. The van der Waals surface area contributed by atoms with E-state index in [1.165, 1.54) is 12.8 Å². The van der Waals surface area contributed by atoms with Crippen LogP contribution < -0.4 is 15.5 Å². The molecular formula is C14H26N6O. The number of nitrogens with one attached hydrogen (secondary N) is 2. The molecule has 0 aromatic carbocycles. The Bertz CT molecular complexity index is 433. The zero-order chi connectivity index (χ0) is 15.1. The first kappa shape index (κ1) is 15.8. The first-order chi connectivity index (χ1) is 10.3. The van der Waals surface area contributed by atoms with E-state index in [0.717, 1.165) is 25.6 Å². The lowest BCUT2D eigenvalue weighted by Gasteiger charge is -2.19. The first-order valence-electron chi connectivity index (χ1n) is 7.77. The third kappa shape index (κ3) is 5.00. The van der Waals surface area contributed by atoms with Gasteiger partial charge in [0.05, 0.1) is 6.61 Å². The molecule has 7 nitrogen and oxygen atoms in total. The second-order valence-electron chi connectivity index (χ2n) is 5.15. The average molecular weight is 294 g/mol. The highest BCUT2D eigenvalue weighted by atomic mass is 16.5. The van der Waals surface area contributed by atoms with Gasteiger partial charge in [0.1, 0.15) is 0 Å². The second kappa shape index (κ2) is 7.97. The van der Waals surface area contributed by atoms with E-state index >= 15 is 0 Å². The minimum Gasteiger partial charge on any atom is -0.379 e. The molecule has 1 heterocycles. The second-order valence-corrected chi connectivity index (χ2v) is 5.15. The van der Waals surface area contributed by atoms with E-state index in [9.17, 15) is 0 Å². The van der Waals surface area contributed by atoms with Gasteiger partial charge in [-0.2, -0.15) is 15.0 Å². The highest BCUT2D eigenvalue weighted by Gasteiger charge is 2.20. The quantitative estimate of drug-likeness (QED) is 0.635. The van der Waals surface area contributed by atoms with Crippen LogP contribution in [0.4, 0.5) is 17.8 Å². The molecule has 1 fully saturated rings. The van der Waals surface area contributed by atoms with Crippen molar-refractivity contribution < 1.29 is 4.74 Å². The SMILES string of the molecule is CCN(CC)c1nc(NC)nc(NCCOCC2CC2)n1. The van der Waals surface area contributed by atoms with Gasteiger partial charge in [-0.3, -0.25) is 0 Å². The Hall–Kier alpha value is -1.63. The molecule has 2 N–H and O–H groups in total. The van der Waals surface area contributed by atoms with Gasteiger partial charge in [-0.25, -0.2) is 0 Å². The van der Waals surface area contributed by atoms with E-state index in [1.54, 1.807) is 0 Å². The van der Waals surface area contributed by atoms with Crippen LogP contribution in [0.25, 0.3) is 0 Å². The number of anilines is 3. The Balaban J connectivity index is 1.88. The van der Waals surface area contributed by atoms with E-state index < -0.39 is 0 Å². The van der Waals surface area contributed by atoms with Gasteiger partial charge in [0.2, 0.25) is 17.8 Å². The van der Waals surface area contributed by atoms with Gasteiger partial charge in [-0.1, -0.05) is 0 Å². The average Bonchev–Trinajstić information content (AvgIpc) is 3.32. The molecule has 2 rings (SSSR count). The molecule has 0 saturated heterocycles. The summed E-state index contributed by atoms with van der Waals surface area (Å²) in [4.78, 5) is 15.3. The first-order valence-corrected chi connectivity index (χ1v) is 7.77. The molecule has 0 unspecified atom stereocenters. The van der Waals surface area contributed by atoms with Crippen LogP contribution >= 0.6 is 0 Å². The predicted molar refractivity (Wildman–Crippen MR) is 85.0 cm³/mol. The number of aromatic nitrogens is 3. The monoisotopic (exact) mass is 294 g/mol. The topological polar surface area (TPSA) is 75.2 Å². The maximum atomic E-state index is 5.60. The van der Waals surface area contributed by atoms with Gasteiger partial charge < -0.3 is 20.3 Å². The summed E-state index contributed by atoms with van der Waals surface area (Å²) in [5.41, 5.74) is 0. The van der Waals surface area contributed by atoms with Crippen LogP contribution in [0.3, 0.4) is 0 Å². The fourth-order valence-corrected chi connectivity index (χ4v) is 1.97. The fourth-order valence-electron chi connectivity index (χ4n) is 1.97. The highest BCUT2D eigenvalue weighted by molar-refractivity contribution is 5.43. The molecule has 0 amide bonds. The summed E-state index contributed by atoms with van der Waals surface area (Å²) in [5, 5.41) is 6.18. The Labute approximate surface area is 126 Å². The molecule has 7 heteroatoms. The molecule has 0 radical (unpaired) electrons. The Morgan fingerprint density at radius 1 is 1.14 bits per heavy atom. The lowest BCUT2D eigenvalue weighted by molar-refractivity contribution is 0.133. The van der Waals surface area contributed by atoms with Crippen LogP contribution in [-0.2, 0) is 4.74 Å². The van der Waals surface area contributed by atoms with Gasteiger partial charge in [0.25, 0.3) is 0 Å². The van der Waals surface area contributed by atoms with E-state index in [0.29, 0.717) is 31.0 Å². The van der Waals surface area contributed by atoms with Crippen LogP contribution in [0.5, 0.6) is 0 Å². The molecule has 0 bridgehead atoms. The Kier molecular flexibility index (Phi) is 5.98. The highest BCUT2D eigenvalue weighted by Crippen LogP contribution is 2.28. The molecule has 1 saturated carbocycles. The summed E-state index contributed by atoms with van der Waals surface area (Å²) in [6, 6.07) is 0. The van der Waals surface area contributed by atoms with Crippen molar-refractivity contribution in [2.24, 2.45) is 5.92 Å². The fraction of sp³-hybridized carbons (Fsp3) is 0.786. The van der Waals surface area contributed by atoms with Crippen LogP contribution in [-0.4, -0.2) is 54.8 Å². The van der Waals surface area contributed by atoms with Crippen molar-refractivity contribution in [2.75, 3.05) is 55.4 Å². The minimum atomic E-state index is 0.577. The van der Waals surface area contributed by atoms with Crippen molar-refractivity contribution in [3.8, 4) is 0 Å². The summed E-state index contributed by atoms with van der Waals surface area (Å²) < 4.78 is 5.60.